The smallest absolute Gasteiger partial charge is 0.228 e. The van der Waals surface area contributed by atoms with Gasteiger partial charge in [0.2, 0.25) is 5.91 Å². The van der Waals surface area contributed by atoms with Crippen LogP contribution in [0, 0.1) is 13.8 Å². The van der Waals surface area contributed by atoms with Gasteiger partial charge in [0.15, 0.2) is 0 Å². The second-order valence-corrected chi connectivity index (χ2v) is 5.68. The van der Waals surface area contributed by atoms with E-state index in [0.717, 1.165) is 30.9 Å². The zero-order valence-corrected chi connectivity index (χ0v) is 12.8. The molecule has 0 spiro atoms. The molecule has 7 heteroatoms. The van der Waals surface area contributed by atoms with Crippen LogP contribution in [0.3, 0.4) is 0 Å². The summed E-state index contributed by atoms with van der Waals surface area (Å²) < 4.78 is 4.65. The Balaban J connectivity index is 1.67. The van der Waals surface area contributed by atoms with E-state index in [1.807, 2.05) is 17.9 Å². The molecule has 0 bridgehead atoms. The van der Waals surface area contributed by atoms with Crippen molar-refractivity contribution in [3.8, 4) is 0 Å². The van der Waals surface area contributed by atoms with E-state index in [0.29, 0.717) is 17.9 Å². The van der Waals surface area contributed by atoms with Crippen LogP contribution in [-0.4, -0.2) is 44.2 Å². The van der Waals surface area contributed by atoms with E-state index in [-0.39, 0.29) is 18.2 Å². The Bertz CT molecular complexity index is 669. The first-order valence-electron chi connectivity index (χ1n) is 7.49. The highest BCUT2D eigenvalue weighted by Gasteiger charge is 2.26. The van der Waals surface area contributed by atoms with Gasteiger partial charge in [-0.05, 0) is 32.8 Å². The maximum absolute atomic E-state index is 12.4. The number of hydrogen-bond donors (Lipinski definition) is 0. The number of hydrogen-bond acceptors (Lipinski definition) is 6. The van der Waals surface area contributed by atoms with Crippen molar-refractivity contribution < 1.29 is 9.42 Å². The van der Waals surface area contributed by atoms with Crippen molar-refractivity contribution in [1.29, 1.82) is 0 Å². The third-order valence-corrected chi connectivity index (χ3v) is 4.06. The van der Waals surface area contributed by atoms with Gasteiger partial charge in [-0.2, -0.15) is 0 Å². The van der Waals surface area contributed by atoms with Crippen LogP contribution in [0.5, 0.6) is 0 Å². The van der Waals surface area contributed by atoms with Crippen LogP contribution in [0.4, 0.5) is 0 Å². The first-order valence-corrected chi connectivity index (χ1v) is 7.49. The van der Waals surface area contributed by atoms with Crippen molar-refractivity contribution in [3.63, 3.8) is 0 Å². The fourth-order valence-corrected chi connectivity index (χ4v) is 2.81. The molecule has 116 valence electrons. The third kappa shape index (κ3) is 3.13. The van der Waals surface area contributed by atoms with E-state index >= 15 is 0 Å². The Kier molecular flexibility index (Phi) is 4.13. The molecular weight excluding hydrogens is 282 g/mol. The van der Waals surface area contributed by atoms with Crippen LogP contribution in [0.25, 0.3) is 0 Å². The van der Waals surface area contributed by atoms with Crippen molar-refractivity contribution >= 4 is 5.91 Å². The molecule has 2 aromatic rings. The lowest BCUT2D eigenvalue weighted by molar-refractivity contribution is -0.131. The van der Waals surface area contributed by atoms with Crippen LogP contribution < -0.4 is 0 Å². The lowest BCUT2D eigenvalue weighted by atomic mass is 9.94. The summed E-state index contributed by atoms with van der Waals surface area (Å²) in [5, 5.41) is 7.50. The molecule has 1 amide bonds. The highest BCUT2D eigenvalue weighted by molar-refractivity contribution is 5.78. The molecule has 2 aromatic heterocycles. The summed E-state index contributed by atoms with van der Waals surface area (Å²) in [6, 6.07) is 1.94. The minimum atomic E-state index is 0.0641. The molecule has 0 N–H and O–H groups in total. The summed E-state index contributed by atoms with van der Waals surface area (Å²) >= 11 is 0. The van der Waals surface area contributed by atoms with Gasteiger partial charge in [0.25, 0.3) is 0 Å². The maximum Gasteiger partial charge on any atom is 0.228 e. The zero-order valence-electron chi connectivity index (χ0n) is 12.8. The van der Waals surface area contributed by atoms with Gasteiger partial charge in [-0.3, -0.25) is 4.79 Å². The van der Waals surface area contributed by atoms with Gasteiger partial charge < -0.3 is 4.90 Å². The number of rotatable bonds is 3. The minimum Gasteiger partial charge on any atom is -0.342 e. The molecule has 1 atom stereocenters. The van der Waals surface area contributed by atoms with Gasteiger partial charge in [-0.15, -0.1) is 0 Å². The summed E-state index contributed by atoms with van der Waals surface area (Å²) in [5.74, 6) is 1.11. The lowest BCUT2D eigenvalue weighted by Gasteiger charge is -2.32. The van der Waals surface area contributed by atoms with Crippen LogP contribution >= 0.6 is 0 Å². The zero-order chi connectivity index (χ0) is 15.5. The van der Waals surface area contributed by atoms with Crippen LogP contribution in [0.15, 0.2) is 16.9 Å². The summed E-state index contributed by atoms with van der Waals surface area (Å²) in [7, 11) is 0. The van der Waals surface area contributed by atoms with Gasteiger partial charge in [0.1, 0.15) is 17.2 Å². The predicted octanol–water partition coefficient (Wildman–Crippen LogP) is 1.43. The average molecular weight is 301 g/mol. The van der Waals surface area contributed by atoms with Crippen molar-refractivity contribution in [3.05, 3.63) is 35.2 Å². The van der Waals surface area contributed by atoms with Crippen LogP contribution in [0.1, 0.15) is 41.7 Å². The van der Waals surface area contributed by atoms with Crippen LogP contribution in [0.2, 0.25) is 0 Å². The van der Waals surface area contributed by atoms with E-state index in [2.05, 4.69) is 24.9 Å². The number of carbonyl (C=O) groups excluding carboxylic acids is 1. The molecular formula is C15H19N5O2. The monoisotopic (exact) mass is 301 g/mol. The van der Waals surface area contributed by atoms with Crippen molar-refractivity contribution in [2.24, 2.45) is 0 Å². The van der Waals surface area contributed by atoms with Crippen molar-refractivity contribution in [2.45, 2.75) is 39.0 Å². The van der Waals surface area contributed by atoms with Gasteiger partial charge in [0, 0.05) is 30.9 Å². The molecule has 3 rings (SSSR count). The van der Waals surface area contributed by atoms with Gasteiger partial charge >= 0.3 is 0 Å². The molecule has 1 fully saturated rings. The van der Waals surface area contributed by atoms with Crippen molar-refractivity contribution in [2.75, 3.05) is 13.1 Å². The molecule has 0 aromatic carbocycles. The molecule has 1 aliphatic rings. The van der Waals surface area contributed by atoms with Gasteiger partial charge in [-0.25, -0.2) is 14.6 Å². The second-order valence-electron chi connectivity index (χ2n) is 5.68. The minimum absolute atomic E-state index is 0.0641. The standard InChI is InChI=1S/C15H19N5O2/c1-10-14(19-22-18-10)8-15(21)20-7-3-4-12(9-20)13-5-6-16-11(2)17-13/h5-6,12H,3-4,7-9H2,1-2H3. The Hall–Kier alpha value is -2.31. The first kappa shape index (κ1) is 14.6. The summed E-state index contributed by atoms with van der Waals surface area (Å²) in [6.07, 6.45) is 4.05. The van der Waals surface area contributed by atoms with Gasteiger partial charge in [0.05, 0.1) is 6.42 Å². The average Bonchev–Trinajstić information content (AvgIpc) is 2.92. The molecule has 1 unspecified atom stereocenters. The molecule has 0 radical (unpaired) electrons. The molecule has 22 heavy (non-hydrogen) atoms. The molecule has 0 aliphatic carbocycles. The van der Waals surface area contributed by atoms with E-state index in [1.165, 1.54) is 0 Å². The fourth-order valence-electron chi connectivity index (χ4n) is 2.81. The SMILES string of the molecule is Cc1nccc(C2CCCN(C(=O)Cc3nonc3C)C2)n1. The highest BCUT2D eigenvalue weighted by Crippen LogP contribution is 2.25. The summed E-state index contributed by atoms with van der Waals surface area (Å²) in [4.78, 5) is 23.0. The number of aryl methyl sites for hydroxylation is 2. The molecule has 3 heterocycles. The number of aromatic nitrogens is 4. The Morgan fingerprint density at radius 2 is 2.27 bits per heavy atom. The molecule has 1 aliphatic heterocycles. The maximum atomic E-state index is 12.4. The lowest BCUT2D eigenvalue weighted by Crippen LogP contribution is -2.40. The van der Waals surface area contributed by atoms with Gasteiger partial charge in [-0.1, -0.05) is 10.3 Å². The quantitative estimate of drug-likeness (QED) is 0.852. The molecule has 7 nitrogen and oxygen atoms in total. The number of amides is 1. The number of piperidine rings is 1. The first-order chi connectivity index (χ1) is 10.6. The topological polar surface area (TPSA) is 85.0 Å². The Morgan fingerprint density at radius 1 is 1.41 bits per heavy atom. The molecule has 0 saturated carbocycles. The Morgan fingerprint density at radius 3 is 3.00 bits per heavy atom. The number of carbonyl (C=O) groups is 1. The molecule has 1 saturated heterocycles. The Labute approximate surface area is 128 Å². The van der Waals surface area contributed by atoms with Crippen LogP contribution in [-0.2, 0) is 11.2 Å². The number of nitrogens with zero attached hydrogens (tertiary/aromatic N) is 5. The fraction of sp³-hybridized carbons (Fsp3) is 0.533. The number of likely N-dealkylation sites (tertiary alicyclic amines) is 1. The van der Waals surface area contributed by atoms with E-state index < -0.39 is 0 Å². The predicted molar refractivity (Wildman–Crippen MR) is 78.1 cm³/mol. The van der Waals surface area contributed by atoms with E-state index in [1.54, 1.807) is 13.1 Å². The normalized spacial score (nSPS) is 18.5. The summed E-state index contributed by atoms with van der Waals surface area (Å²) in [6.45, 7) is 5.15. The highest BCUT2D eigenvalue weighted by atomic mass is 16.6. The van der Waals surface area contributed by atoms with E-state index in [9.17, 15) is 4.79 Å². The third-order valence-electron chi connectivity index (χ3n) is 4.06. The van der Waals surface area contributed by atoms with E-state index in [4.69, 9.17) is 0 Å². The second kappa shape index (κ2) is 6.21. The summed E-state index contributed by atoms with van der Waals surface area (Å²) in [5.41, 5.74) is 2.31. The largest absolute Gasteiger partial charge is 0.342 e. The van der Waals surface area contributed by atoms with Crippen molar-refractivity contribution in [1.82, 2.24) is 25.2 Å².